The Kier molecular flexibility index (Phi) is 6.42. The topological polar surface area (TPSA) is 72.5 Å². The van der Waals surface area contributed by atoms with E-state index in [-0.39, 0.29) is 18.3 Å². The number of hydrogen-bond acceptors (Lipinski definition) is 4. The van der Waals surface area contributed by atoms with E-state index in [1.807, 2.05) is 39.0 Å². The third kappa shape index (κ3) is 5.20. The molecule has 152 valence electrons. The fourth-order valence-corrected chi connectivity index (χ4v) is 2.81. The van der Waals surface area contributed by atoms with Crippen molar-refractivity contribution in [2.24, 2.45) is 0 Å². The van der Waals surface area contributed by atoms with Gasteiger partial charge in [0, 0.05) is 16.8 Å². The van der Waals surface area contributed by atoms with Gasteiger partial charge in [-0.2, -0.15) is 0 Å². The van der Waals surface area contributed by atoms with Crippen LogP contribution in [0.15, 0.2) is 66.7 Å². The van der Waals surface area contributed by atoms with Gasteiger partial charge in [-0.25, -0.2) is 4.79 Å². The Balaban J connectivity index is 1.56. The number of Topliss-reactive ketones (excluding diaryl/α,β-unsaturated/α-hetero) is 1. The minimum atomic E-state index is -0.594. The second kappa shape index (κ2) is 9.18. The van der Waals surface area contributed by atoms with Crippen LogP contribution >= 0.6 is 0 Å². The highest BCUT2D eigenvalue weighted by molar-refractivity contribution is 6.04. The molecule has 0 saturated heterocycles. The predicted octanol–water partition coefficient (Wildman–Crippen LogP) is 4.90. The Bertz CT molecular complexity index is 1080. The molecule has 0 atom stereocenters. The quantitative estimate of drug-likeness (QED) is 0.471. The van der Waals surface area contributed by atoms with Crippen molar-refractivity contribution < 1.29 is 19.1 Å². The van der Waals surface area contributed by atoms with Gasteiger partial charge in [0.2, 0.25) is 0 Å². The molecule has 0 fully saturated rings. The van der Waals surface area contributed by atoms with E-state index < -0.39 is 5.97 Å². The van der Waals surface area contributed by atoms with E-state index in [2.05, 4.69) is 5.32 Å². The lowest BCUT2D eigenvalue weighted by molar-refractivity contribution is 0.0475. The first kappa shape index (κ1) is 21.0. The Morgan fingerprint density at radius 3 is 1.97 bits per heavy atom. The fraction of sp³-hybridized carbons (Fsp3) is 0.160. The summed E-state index contributed by atoms with van der Waals surface area (Å²) in [7, 11) is 0. The highest BCUT2D eigenvalue weighted by atomic mass is 16.5. The second-order valence-corrected chi connectivity index (χ2v) is 7.20. The van der Waals surface area contributed by atoms with Crippen LogP contribution in [0.1, 0.15) is 47.8 Å². The first-order chi connectivity index (χ1) is 14.3. The van der Waals surface area contributed by atoms with Crippen LogP contribution in [-0.2, 0) is 4.74 Å². The van der Waals surface area contributed by atoms with Gasteiger partial charge in [-0.3, -0.25) is 9.59 Å². The highest BCUT2D eigenvalue weighted by Gasteiger charge is 2.13. The maximum Gasteiger partial charge on any atom is 0.338 e. The standard InChI is InChI=1S/C25H23NO4/c1-16-4-7-19(8-5-16)24(28)26-22-12-10-20(11-13-22)25(29)30-15-23(27)21-9-6-17(2)18(3)14-21/h4-14H,15H2,1-3H3,(H,26,28). The molecular formula is C25H23NO4. The molecule has 5 heteroatoms. The number of carbonyl (C=O) groups excluding carboxylic acids is 3. The normalized spacial score (nSPS) is 10.4. The maximum atomic E-state index is 12.3. The number of ketones is 1. The van der Waals surface area contributed by atoms with E-state index in [1.165, 1.54) is 0 Å². The number of nitrogens with one attached hydrogen (secondary N) is 1. The molecule has 0 unspecified atom stereocenters. The number of esters is 1. The smallest absolute Gasteiger partial charge is 0.338 e. The van der Waals surface area contributed by atoms with Crippen LogP contribution in [0.4, 0.5) is 5.69 Å². The summed E-state index contributed by atoms with van der Waals surface area (Å²) in [6.45, 7) is 5.52. The molecule has 0 aliphatic heterocycles. The van der Waals surface area contributed by atoms with Gasteiger partial charge in [0.15, 0.2) is 12.4 Å². The lowest BCUT2D eigenvalue weighted by Gasteiger charge is -2.08. The lowest BCUT2D eigenvalue weighted by atomic mass is 10.0. The predicted molar refractivity (Wildman–Crippen MR) is 116 cm³/mol. The monoisotopic (exact) mass is 401 g/mol. The van der Waals surface area contributed by atoms with E-state index in [9.17, 15) is 14.4 Å². The molecule has 5 nitrogen and oxygen atoms in total. The summed E-state index contributed by atoms with van der Waals surface area (Å²) in [6.07, 6.45) is 0. The summed E-state index contributed by atoms with van der Waals surface area (Å²) in [6, 6.07) is 19.0. The van der Waals surface area contributed by atoms with Crippen LogP contribution in [-0.4, -0.2) is 24.3 Å². The molecule has 0 radical (unpaired) electrons. The molecule has 0 heterocycles. The first-order valence-electron chi connectivity index (χ1n) is 9.59. The van der Waals surface area contributed by atoms with Crippen molar-refractivity contribution in [3.05, 3.63) is 100 Å². The first-order valence-corrected chi connectivity index (χ1v) is 9.59. The number of hydrogen-bond donors (Lipinski definition) is 1. The molecular weight excluding hydrogens is 378 g/mol. The Morgan fingerprint density at radius 1 is 0.733 bits per heavy atom. The zero-order valence-electron chi connectivity index (χ0n) is 17.2. The SMILES string of the molecule is Cc1ccc(C(=O)Nc2ccc(C(=O)OCC(=O)c3ccc(C)c(C)c3)cc2)cc1. The van der Waals surface area contributed by atoms with Gasteiger partial charge in [-0.1, -0.05) is 29.8 Å². The zero-order valence-corrected chi connectivity index (χ0v) is 17.2. The molecule has 0 spiro atoms. The summed E-state index contributed by atoms with van der Waals surface area (Å²) in [5, 5.41) is 2.78. The van der Waals surface area contributed by atoms with Gasteiger partial charge in [-0.15, -0.1) is 0 Å². The molecule has 3 aromatic rings. The molecule has 1 N–H and O–H groups in total. The van der Waals surface area contributed by atoms with Crippen molar-refractivity contribution in [2.75, 3.05) is 11.9 Å². The van der Waals surface area contributed by atoms with Crippen LogP contribution in [0.5, 0.6) is 0 Å². The second-order valence-electron chi connectivity index (χ2n) is 7.20. The number of anilines is 1. The van der Waals surface area contributed by atoms with Gasteiger partial charge in [0.1, 0.15) is 0 Å². The summed E-state index contributed by atoms with van der Waals surface area (Å²) in [5.74, 6) is -1.08. The van der Waals surface area contributed by atoms with Gasteiger partial charge in [-0.05, 0) is 74.4 Å². The third-order valence-corrected chi connectivity index (χ3v) is 4.86. The third-order valence-electron chi connectivity index (χ3n) is 4.86. The van der Waals surface area contributed by atoms with Crippen LogP contribution < -0.4 is 5.32 Å². The summed E-state index contributed by atoms with van der Waals surface area (Å²) >= 11 is 0. The molecule has 30 heavy (non-hydrogen) atoms. The number of aryl methyl sites for hydroxylation is 3. The molecule has 0 aliphatic carbocycles. The fourth-order valence-electron chi connectivity index (χ4n) is 2.81. The maximum absolute atomic E-state index is 12.3. The Morgan fingerprint density at radius 2 is 1.33 bits per heavy atom. The minimum absolute atomic E-state index is 0.232. The number of rotatable bonds is 6. The van der Waals surface area contributed by atoms with E-state index in [0.29, 0.717) is 22.4 Å². The summed E-state index contributed by atoms with van der Waals surface area (Å²) < 4.78 is 5.14. The zero-order chi connectivity index (χ0) is 21.7. The molecule has 3 rings (SSSR count). The van der Waals surface area contributed by atoms with Crippen molar-refractivity contribution >= 4 is 23.3 Å². The highest BCUT2D eigenvalue weighted by Crippen LogP contribution is 2.14. The van der Waals surface area contributed by atoms with Gasteiger partial charge in [0.25, 0.3) is 5.91 Å². The van der Waals surface area contributed by atoms with Crippen LogP contribution in [0.25, 0.3) is 0 Å². The van der Waals surface area contributed by atoms with Crippen LogP contribution in [0.3, 0.4) is 0 Å². The van der Waals surface area contributed by atoms with E-state index in [1.54, 1.807) is 48.5 Å². The van der Waals surface area contributed by atoms with Gasteiger partial charge >= 0.3 is 5.97 Å². The van der Waals surface area contributed by atoms with Crippen LogP contribution in [0.2, 0.25) is 0 Å². The van der Waals surface area contributed by atoms with Crippen molar-refractivity contribution in [1.82, 2.24) is 0 Å². The largest absolute Gasteiger partial charge is 0.454 e. The Labute approximate surface area is 175 Å². The average molecular weight is 401 g/mol. The number of carbonyl (C=O) groups is 3. The minimum Gasteiger partial charge on any atom is -0.454 e. The summed E-state index contributed by atoms with van der Waals surface area (Å²) in [5.41, 5.74) is 5.10. The summed E-state index contributed by atoms with van der Waals surface area (Å²) in [4.78, 5) is 36.7. The van der Waals surface area contributed by atoms with E-state index in [4.69, 9.17) is 4.74 Å². The molecule has 1 amide bonds. The van der Waals surface area contributed by atoms with E-state index >= 15 is 0 Å². The molecule has 0 aromatic heterocycles. The Hall–Kier alpha value is -3.73. The van der Waals surface area contributed by atoms with Crippen LogP contribution in [0, 0.1) is 20.8 Å². The molecule has 0 aliphatic rings. The number of benzene rings is 3. The number of amides is 1. The van der Waals surface area contributed by atoms with Crippen molar-refractivity contribution in [3.8, 4) is 0 Å². The lowest BCUT2D eigenvalue weighted by Crippen LogP contribution is -2.15. The van der Waals surface area contributed by atoms with Gasteiger partial charge in [0.05, 0.1) is 5.56 Å². The van der Waals surface area contributed by atoms with Crippen molar-refractivity contribution in [1.29, 1.82) is 0 Å². The number of ether oxygens (including phenoxy) is 1. The van der Waals surface area contributed by atoms with Crippen molar-refractivity contribution in [2.45, 2.75) is 20.8 Å². The molecule has 0 bridgehead atoms. The van der Waals surface area contributed by atoms with Crippen molar-refractivity contribution in [3.63, 3.8) is 0 Å². The van der Waals surface area contributed by atoms with Gasteiger partial charge < -0.3 is 10.1 Å². The molecule has 3 aromatic carbocycles. The van der Waals surface area contributed by atoms with E-state index in [0.717, 1.165) is 16.7 Å². The molecule has 0 saturated carbocycles. The average Bonchev–Trinajstić information content (AvgIpc) is 2.74.